The predicted molar refractivity (Wildman–Crippen MR) is 90.0 cm³/mol. The molecule has 0 N–H and O–H groups in total. The second-order valence-electron chi connectivity index (χ2n) is 8.48. The highest BCUT2D eigenvalue weighted by molar-refractivity contribution is 6.74. The summed E-state index contributed by atoms with van der Waals surface area (Å²) in [5.74, 6) is 0.148. The monoisotopic (exact) mass is 326 g/mol. The Morgan fingerprint density at radius 2 is 1.64 bits per heavy atom. The number of allylic oxidation sites excluding steroid dienone is 1. The first kappa shape index (κ1) is 18.9. The maximum atomic E-state index is 12.1. The third-order valence-electron chi connectivity index (χ3n) is 4.17. The summed E-state index contributed by atoms with van der Waals surface area (Å²) in [6, 6.07) is 0. The van der Waals surface area contributed by atoms with E-state index in [0.29, 0.717) is 18.6 Å². The minimum absolute atomic E-state index is 0.0138. The van der Waals surface area contributed by atoms with Gasteiger partial charge in [-0.25, -0.2) is 0 Å². The molecule has 0 aromatic rings. The van der Waals surface area contributed by atoms with Crippen LogP contribution in [0.1, 0.15) is 60.8 Å². The Hall–Kier alpha value is -1.10. The highest BCUT2D eigenvalue weighted by atomic mass is 28.4. The number of esters is 1. The molecule has 0 aliphatic heterocycles. The fraction of sp³-hybridized carbons (Fsp3) is 0.765. The number of carbonyl (C=O) groups excluding carboxylic acids is 2. The Balaban J connectivity index is 2.93. The zero-order valence-electron chi connectivity index (χ0n) is 15.3. The van der Waals surface area contributed by atoms with Gasteiger partial charge in [0, 0.05) is 6.42 Å². The van der Waals surface area contributed by atoms with E-state index >= 15 is 0 Å². The smallest absolute Gasteiger partial charge is 0.310 e. The van der Waals surface area contributed by atoms with Crippen molar-refractivity contribution in [3.63, 3.8) is 0 Å². The third-order valence-corrected chi connectivity index (χ3v) is 8.50. The van der Waals surface area contributed by atoms with Crippen molar-refractivity contribution >= 4 is 20.1 Å². The molecular formula is C17H30O4Si. The summed E-state index contributed by atoms with van der Waals surface area (Å²) in [4.78, 5) is 24.2. The van der Waals surface area contributed by atoms with Gasteiger partial charge in [-0.2, -0.15) is 0 Å². The van der Waals surface area contributed by atoms with Gasteiger partial charge in [0.15, 0.2) is 5.78 Å². The molecule has 0 saturated heterocycles. The van der Waals surface area contributed by atoms with Crippen LogP contribution < -0.4 is 0 Å². The first-order chi connectivity index (χ1) is 9.73. The maximum absolute atomic E-state index is 12.1. The van der Waals surface area contributed by atoms with Crippen molar-refractivity contribution in [2.24, 2.45) is 0 Å². The molecule has 0 spiro atoms. The SMILES string of the molecule is CC(C)(C)OC(=O)CC1=C(O[Si](C)(C)C(C)(C)C)C(=O)CC1. The Labute approximate surface area is 135 Å². The van der Waals surface area contributed by atoms with Crippen molar-refractivity contribution in [1.82, 2.24) is 0 Å². The minimum atomic E-state index is -2.08. The van der Waals surface area contributed by atoms with E-state index < -0.39 is 13.9 Å². The topological polar surface area (TPSA) is 52.6 Å². The number of ether oxygens (including phenoxy) is 1. The largest absolute Gasteiger partial charge is 0.541 e. The number of carbonyl (C=O) groups is 2. The van der Waals surface area contributed by atoms with Gasteiger partial charge >= 0.3 is 5.97 Å². The van der Waals surface area contributed by atoms with E-state index in [1.54, 1.807) is 0 Å². The van der Waals surface area contributed by atoms with Crippen LogP contribution in [0.25, 0.3) is 0 Å². The lowest BCUT2D eigenvalue weighted by atomic mass is 10.1. The molecule has 5 heteroatoms. The third kappa shape index (κ3) is 4.97. The molecule has 0 amide bonds. The number of Topliss-reactive ketones (excluding diaryl/α,β-unsaturated/α-hetero) is 1. The summed E-state index contributed by atoms with van der Waals surface area (Å²) >= 11 is 0. The van der Waals surface area contributed by atoms with Crippen LogP contribution in [-0.2, 0) is 18.8 Å². The average molecular weight is 327 g/mol. The van der Waals surface area contributed by atoms with Gasteiger partial charge in [-0.05, 0) is 50.9 Å². The van der Waals surface area contributed by atoms with Crippen molar-refractivity contribution in [3.05, 3.63) is 11.3 Å². The van der Waals surface area contributed by atoms with Gasteiger partial charge < -0.3 is 9.16 Å². The number of hydrogen-bond acceptors (Lipinski definition) is 4. The van der Waals surface area contributed by atoms with E-state index in [4.69, 9.17) is 9.16 Å². The molecule has 22 heavy (non-hydrogen) atoms. The second-order valence-corrected chi connectivity index (χ2v) is 13.2. The highest BCUT2D eigenvalue weighted by Crippen LogP contribution is 2.40. The van der Waals surface area contributed by atoms with Crippen molar-refractivity contribution in [2.75, 3.05) is 0 Å². The van der Waals surface area contributed by atoms with Crippen molar-refractivity contribution in [3.8, 4) is 0 Å². The molecule has 0 fully saturated rings. The van der Waals surface area contributed by atoms with Crippen LogP contribution in [0.4, 0.5) is 0 Å². The standard InChI is InChI=1S/C17H30O4Si/c1-16(2,3)20-14(19)11-12-9-10-13(18)15(12)21-22(7,8)17(4,5)6/h9-11H2,1-8H3. The van der Waals surface area contributed by atoms with Gasteiger partial charge in [-0.15, -0.1) is 0 Å². The highest BCUT2D eigenvalue weighted by Gasteiger charge is 2.42. The average Bonchev–Trinajstić information content (AvgIpc) is 2.56. The van der Waals surface area contributed by atoms with Gasteiger partial charge in [0.25, 0.3) is 8.32 Å². The lowest BCUT2D eigenvalue weighted by Crippen LogP contribution is -2.41. The van der Waals surface area contributed by atoms with E-state index in [1.807, 2.05) is 20.8 Å². The van der Waals surface area contributed by atoms with Gasteiger partial charge in [0.2, 0.25) is 0 Å². The maximum Gasteiger partial charge on any atom is 0.310 e. The molecular weight excluding hydrogens is 296 g/mol. The van der Waals surface area contributed by atoms with Crippen LogP contribution >= 0.6 is 0 Å². The Morgan fingerprint density at radius 3 is 2.09 bits per heavy atom. The quantitative estimate of drug-likeness (QED) is 0.569. The van der Waals surface area contributed by atoms with Crippen LogP contribution in [0.2, 0.25) is 18.1 Å². The first-order valence-corrected chi connectivity index (χ1v) is 10.8. The Bertz CT molecular complexity index is 490. The van der Waals surface area contributed by atoms with E-state index in [1.165, 1.54) is 0 Å². The number of hydrogen-bond donors (Lipinski definition) is 0. The van der Waals surface area contributed by atoms with Crippen molar-refractivity contribution < 1.29 is 18.8 Å². The van der Waals surface area contributed by atoms with Crippen LogP contribution in [0, 0.1) is 0 Å². The van der Waals surface area contributed by atoms with Crippen LogP contribution in [-0.4, -0.2) is 25.7 Å². The van der Waals surface area contributed by atoms with Crippen LogP contribution in [0.5, 0.6) is 0 Å². The number of ketones is 1. The minimum Gasteiger partial charge on any atom is -0.541 e. The molecule has 126 valence electrons. The Kier molecular flexibility index (Phi) is 5.32. The van der Waals surface area contributed by atoms with E-state index in [2.05, 4.69) is 33.9 Å². The fourth-order valence-electron chi connectivity index (χ4n) is 1.95. The van der Waals surface area contributed by atoms with Crippen LogP contribution in [0.3, 0.4) is 0 Å². The van der Waals surface area contributed by atoms with Gasteiger partial charge in [-0.3, -0.25) is 9.59 Å². The van der Waals surface area contributed by atoms with E-state index in [0.717, 1.165) is 5.57 Å². The second kappa shape index (κ2) is 6.18. The summed E-state index contributed by atoms with van der Waals surface area (Å²) in [7, 11) is -2.08. The summed E-state index contributed by atoms with van der Waals surface area (Å²) in [5, 5.41) is 0.0138. The van der Waals surface area contributed by atoms with Crippen LogP contribution in [0.15, 0.2) is 11.3 Å². The fourth-order valence-corrected chi connectivity index (χ4v) is 3.02. The molecule has 4 nitrogen and oxygen atoms in total. The normalized spacial score (nSPS) is 17.0. The molecule has 0 bridgehead atoms. The molecule has 0 aromatic carbocycles. The van der Waals surface area contributed by atoms with E-state index in [-0.39, 0.29) is 23.2 Å². The summed E-state index contributed by atoms with van der Waals surface area (Å²) in [6.45, 7) is 16.1. The first-order valence-electron chi connectivity index (χ1n) is 7.89. The molecule has 1 rings (SSSR count). The van der Waals surface area contributed by atoms with E-state index in [9.17, 15) is 9.59 Å². The van der Waals surface area contributed by atoms with Gasteiger partial charge in [0.1, 0.15) is 11.4 Å². The van der Waals surface area contributed by atoms with Crippen molar-refractivity contribution in [2.45, 2.75) is 84.5 Å². The molecule has 0 radical (unpaired) electrons. The van der Waals surface area contributed by atoms with Gasteiger partial charge in [-0.1, -0.05) is 20.8 Å². The Morgan fingerprint density at radius 1 is 1.09 bits per heavy atom. The molecule has 0 heterocycles. The molecule has 0 saturated carbocycles. The molecule has 1 aliphatic carbocycles. The lowest BCUT2D eigenvalue weighted by Gasteiger charge is -2.36. The molecule has 1 aliphatic rings. The number of rotatable bonds is 4. The van der Waals surface area contributed by atoms with Gasteiger partial charge in [0.05, 0.1) is 6.42 Å². The summed E-state index contributed by atoms with van der Waals surface area (Å²) in [5.41, 5.74) is 0.282. The summed E-state index contributed by atoms with van der Waals surface area (Å²) < 4.78 is 11.5. The lowest BCUT2D eigenvalue weighted by molar-refractivity contribution is -0.153. The molecule has 0 unspecified atom stereocenters. The summed E-state index contributed by atoms with van der Waals surface area (Å²) in [6.07, 6.45) is 1.18. The molecule has 0 atom stereocenters. The van der Waals surface area contributed by atoms with Crippen molar-refractivity contribution in [1.29, 1.82) is 0 Å². The zero-order valence-corrected chi connectivity index (χ0v) is 16.3. The zero-order chi connectivity index (χ0) is 17.3. The predicted octanol–water partition coefficient (Wildman–Crippen LogP) is 4.36. The molecule has 0 aromatic heterocycles.